The Morgan fingerprint density at radius 3 is 2.89 bits per heavy atom. The highest BCUT2D eigenvalue weighted by atomic mass is 16.6. The molecule has 1 aliphatic heterocycles. The zero-order valence-electron chi connectivity index (χ0n) is 9.81. The zero-order chi connectivity index (χ0) is 13.3. The molecule has 96 valence electrons. The second-order valence-electron chi connectivity index (χ2n) is 4.45. The molecule has 1 saturated heterocycles. The summed E-state index contributed by atoms with van der Waals surface area (Å²) in [5.74, 6) is -1.38. The van der Waals surface area contributed by atoms with Crippen LogP contribution in [0.3, 0.4) is 0 Å². The molecule has 0 aliphatic carbocycles. The minimum Gasteiger partial charge on any atom is -0.481 e. The molecule has 0 aromatic carbocycles. The molecule has 1 aromatic heterocycles. The van der Waals surface area contributed by atoms with Crippen LogP contribution >= 0.6 is 0 Å². The van der Waals surface area contributed by atoms with Gasteiger partial charge in [0.05, 0.1) is 10.8 Å². The molecule has 0 bridgehead atoms. The summed E-state index contributed by atoms with van der Waals surface area (Å²) in [6, 6.07) is 1.55. The first-order chi connectivity index (χ1) is 8.50. The lowest BCUT2D eigenvalue weighted by Crippen LogP contribution is -2.23. The van der Waals surface area contributed by atoms with Crippen molar-refractivity contribution in [3.8, 4) is 0 Å². The van der Waals surface area contributed by atoms with Gasteiger partial charge in [-0.1, -0.05) is 6.92 Å². The third kappa shape index (κ3) is 2.11. The van der Waals surface area contributed by atoms with Crippen molar-refractivity contribution in [1.29, 1.82) is 0 Å². The van der Waals surface area contributed by atoms with Gasteiger partial charge in [-0.15, -0.1) is 0 Å². The van der Waals surface area contributed by atoms with Crippen LogP contribution in [0.2, 0.25) is 0 Å². The standard InChI is InChI=1S/C11H13N3O4/c1-7-5-13(6-8(7)11(15)16)9-2-3-12-4-10(9)14(17)18/h2-4,7-8H,5-6H2,1H3,(H,15,16)/t7-,8-/m1/s1. The van der Waals surface area contributed by atoms with Crippen LogP contribution in [0.25, 0.3) is 0 Å². The third-order valence-electron chi connectivity index (χ3n) is 3.24. The summed E-state index contributed by atoms with van der Waals surface area (Å²) in [5.41, 5.74) is 0.348. The Morgan fingerprint density at radius 2 is 2.33 bits per heavy atom. The second-order valence-corrected chi connectivity index (χ2v) is 4.45. The van der Waals surface area contributed by atoms with Crippen LogP contribution in [-0.2, 0) is 4.79 Å². The number of aromatic nitrogens is 1. The topological polar surface area (TPSA) is 96.6 Å². The highest BCUT2D eigenvalue weighted by molar-refractivity contribution is 5.73. The summed E-state index contributed by atoms with van der Waals surface area (Å²) in [6.45, 7) is 2.63. The van der Waals surface area contributed by atoms with Crippen molar-refractivity contribution in [1.82, 2.24) is 4.98 Å². The van der Waals surface area contributed by atoms with Crippen molar-refractivity contribution in [3.05, 3.63) is 28.6 Å². The van der Waals surface area contributed by atoms with Crippen LogP contribution in [0.5, 0.6) is 0 Å². The zero-order valence-corrected chi connectivity index (χ0v) is 9.81. The number of pyridine rings is 1. The van der Waals surface area contributed by atoms with Crippen LogP contribution in [-0.4, -0.2) is 34.1 Å². The average Bonchev–Trinajstić information content (AvgIpc) is 2.71. The van der Waals surface area contributed by atoms with Crippen LogP contribution in [0.1, 0.15) is 6.92 Å². The molecule has 7 heteroatoms. The Hall–Kier alpha value is -2.18. The molecule has 7 nitrogen and oxygen atoms in total. The van der Waals surface area contributed by atoms with Crippen LogP contribution < -0.4 is 4.90 Å². The first kappa shape index (κ1) is 12.3. The molecule has 2 atom stereocenters. The number of hydrogen-bond donors (Lipinski definition) is 1. The van der Waals surface area contributed by atoms with Gasteiger partial charge < -0.3 is 10.0 Å². The molecule has 2 heterocycles. The Labute approximate surface area is 103 Å². The van der Waals surface area contributed by atoms with Crippen LogP contribution in [0.4, 0.5) is 11.4 Å². The average molecular weight is 251 g/mol. The van der Waals surface area contributed by atoms with Crippen molar-refractivity contribution in [2.75, 3.05) is 18.0 Å². The normalized spacial score (nSPS) is 23.1. The molecule has 1 aliphatic rings. The Kier molecular flexibility index (Phi) is 3.14. The maximum Gasteiger partial charge on any atom is 0.310 e. The van der Waals surface area contributed by atoms with Crippen molar-refractivity contribution in [3.63, 3.8) is 0 Å². The van der Waals surface area contributed by atoms with Gasteiger partial charge >= 0.3 is 11.7 Å². The molecule has 0 radical (unpaired) electrons. The van der Waals surface area contributed by atoms with Gasteiger partial charge in [-0.05, 0) is 12.0 Å². The minimum atomic E-state index is -0.860. The van der Waals surface area contributed by atoms with E-state index in [2.05, 4.69) is 4.98 Å². The number of carboxylic acids is 1. The lowest BCUT2D eigenvalue weighted by atomic mass is 9.99. The number of anilines is 1. The molecule has 0 spiro atoms. The van der Waals surface area contributed by atoms with Crippen molar-refractivity contribution >= 4 is 17.3 Å². The predicted octanol–water partition coefficient (Wildman–Crippen LogP) is 1.15. The first-order valence-electron chi connectivity index (χ1n) is 5.57. The van der Waals surface area contributed by atoms with Crippen LogP contribution in [0.15, 0.2) is 18.5 Å². The molecular formula is C11H13N3O4. The summed E-state index contributed by atoms with van der Waals surface area (Å²) in [4.78, 5) is 26.9. The number of carboxylic acid groups (broad SMARTS) is 1. The van der Waals surface area contributed by atoms with E-state index < -0.39 is 16.8 Å². The van der Waals surface area contributed by atoms with E-state index in [0.29, 0.717) is 18.8 Å². The van der Waals surface area contributed by atoms with E-state index in [4.69, 9.17) is 5.11 Å². The molecular weight excluding hydrogens is 238 g/mol. The lowest BCUT2D eigenvalue weighted by molar-refractivity contribution is -0.384. The molecule has 0 saturated carbocycles. The Balaban J connectivity index is 2.29. The highest BCUT2D eigenvalue weighted by Gasteiger charge is 2.36. The largest absolute Gasteiger partial charge is 0.481 e. The van der Waals surface area contributed by atoms with E-state index in [1.54, 1.807) is 11.0 Å². The molecule has 18 heavy (non-hydrogen) atoms. The Morgan fingerprint density at radius 1 is 1.61 bits per heavy atom. The maximum absolute atomic E-state index is 11.0. The van der Waals surface area contributed by atoms with Gasteiger partial charge in [-0.2, -0.15) is 0 Å². The molecule has 0 unspecified atom stereocenters. The van der Waals surface area contributed by atoms with E-state index >= 15 is 0 Å². The fraction of sp³-hybridized carbons (Fsp3) is 0.455. The van der Waals surface area contributed by atoms with E-state index in [9.17, 15) is 14.9 Å². The summed E-state index contributed by atoms with van der Waals surface area (Å²) < 4.78 is 0. The van der Waals surface area contributed by atoms with Crippen molar-refractivity contribution in [2.24, 2.45) is 11.8 Å². The monoisotopic (exact) mass is 251 g/mol. The molecule has 0 amide bonds. The van der Waals surface area contributed by atoms with Gasteiger partial charge in [0.25, 0.3) is 0 Å². The number of nitro groups is 1. The van der Waals surface area contributed by atoms with Gasteiger partial charge in [0.1, 0.15) is 11.9 Å². The van der Waals surface area contributed by atoms with Gasteiger partial charge in [0, 0.05) is 19.3 Å². The summed E-state index contributed by atoms with van der Waals surface area (Å²) in [6.07, 6.45) is 2.66. The number of aliphatic carboxylic acids is 1. The lowest BCUT2D eigenvalue weighted by Gasteiger charge is -2.17. The molecule has 1 N–H and O–H groups in total. The van der Waals surface area contributed by atoms with Gasteiger partial charge in [0.15, 0.2) is 0 Å². The number of carbonyl (C=O) groups is 1. The first-order valence-corrected chi connectivity index (χ1v) is 5.57. The SMILES string of the molecule is C[C@@H]1CN(c2ccncc2[N+](=O)[O-])C[C@H]1C(=O)O. The maximum atomic E-state index is 11.0. The van der Waals surface area contributed by atoms with Crippen LogP contribution in [0, 0.1) is 22.0 Å². The molecule has 1 aromatic rings. The number of hydrogen-bond acceptors (Lipinski definition) is 5. The van der Waals surface area contributed by atoms with E-state index in [-0.39, 0.29) is 11.6 Å². The smallest absolute Gasteiger partial charge is 0.310 e. The quantitative estimate of drug-likeness (QED) is 0.639. The fourth-order valence-corrected chi connectivity index (χ4v) is 2.27. The van der Waals surface area contributed by atoms with Gasteiger partial charge in [-0.25, -0.2) is 0 Å². The minimum absolute atomic E-state index is 0.0322. The third-order valence-corrected chi connectivity index (χ3v) is 3.24. The fourth-order valence-electron chi connectivity index (χ4n) is 2.27. The number of rotatable bonds is 3. The van der Waals surface area contributed by atoms with Crippen molar-refractivity contribution < 1.29 is 14.8 Å². The summed E-state index contributed by atoms with van der Waals surface area (Å²) in [5, 5.41) is 20.0. The van der Waals surface area contributed by atoms with Crippen molar-refractivity contribution in [2.45, 2.75) is 6.92 Å². The second kappa shape index (κ2) is 4.59. The van der Waals surface area contributed by atoms with Gasteiger partial charge in [-0.3, -0.25) is 19.9 Å². The van der Waals surface area contributed by atoms with E-state index in [1.165, 1.54) is 12.4 Å². The summed E-state index contributed by atoms with van der Waals surface area (Å²) in [7, 11) is 0. The molecule has 1 fully saturated rings. The molecule has 2 rings (SSSR count). The van der Waals surface area contributed by atoms with E-state index in [1.807, 2.05) is 6.92 Å². The predicted molar refractivity (Wildman–Crippen MR) is 63.4 cm³/mol. The Bertz CT molecular complexity index is 491. The summed E-state index contributed by atoms with van der Waals surface area (Å²) >= 11 is 0. The van der Waals surface area contributed by atoms with E-state index in [0.717, 1.165) is 0 Å². The number of nitrogens with zero attached hydrogens (tertiary/aromatic N) is 3. The van der Waals surface area contributed by atoms with Gasteiger partial charge in [0.2, 0.25) is 0 Å². The highest BCUT2D eigenvalue weighted by Crippen LogP contribution is 2.33.